The van der Waals surface area contributed by atoms with Gasteiger partial charge in [-0.1, -0.05) is 0 Å². The molecule has 0 bridgehead atoms. The lowest BCUT2D eigenvalue weighted by Gasteiger charge is -2.41. The fourth-order valence-electron chi connectivity index (χ4n) is 1.48. The SMILES string of the molecule is O=P(O)(O)O[C@H]1[C@@H](O)[C@H](O)[C@@H](O)[C@H](O)[C@@H]1O. The van der Waals surface area contributed by atoms with E-state index in [0.29, 0.717) is 0 Å². The first-order valence-corrected chi connectivity index (χ1v) is 5.82. The van der Waals surface area contributed by atoms with E-state index in [2.05, 4.69) is 4.52 Å². The number of hydrogen-bond donors (Lipinski definition) is 7. The minimum atomic E-state index is -5.01. The lowest BCUT2D eigenvalue weighted by molar-refractivity contribution is -0.219. The van der Waals surface area contributed by atoms with Gasteiger partial charge in [0.25, 0.3) is 0 Å². The topological polar surface area (TPSA) is 168 Å². The van der Waals surface area contributed by atoms with E-state index in [9.17, 15) is 25.0 Å². The maximum Gasteiger partial charge on any atom is 0.470 e. The molecular weight excluding hydrogens is 247 g/mol. The second kappa shape index (κ2) is 4.65. The lowest BCUT2D eigenvalue weighted by Crippen LogP contribution is -2.64. The van der Waals surface area contributed by atoms with Gasteiger partial charge in [-0.2, -0.15) is 0 Å². The van der Waals surface area contributed by atoms with Gasteiger partial charge >= 0.3 is 7.82 Å². The monoisotopic (exact) mass is 260 g/mol. The Morgan fingerprint density at radius 1 is 0.750 bits per heavy atom. The second-order valence-corrected chi connectivity index (χ2v) is 4.71. The Bertz CT molecular complexity index is 274. The van der Waals surface area contributed by atoms with Crippen molar-refractivity contribution in [3.63, 3.8) is 0 Å². The zero-order valence-corrected chi connectivity index (χ0v) is 8.75. The van der Waals surface area contributed by atoms with Crippen LogP contribution in [0.4, 0.5) is 0 Å². The van der Waals surface area contributed by atoms with Crippen LogP contribution in [-0.2, 0) is 9.09 Å². The molecule has 9 nitrogen and oxygen atoms in total. The van der Waals surface area contributed by atoms with Gasteiger partial charge in [-0.25, -0.2) is 4.57 Å². The molecule has 0 saturated heterocycles. The Morgan fingerprint density at radius 3 is 1.38 bits per heavy atom. The van der Waals surface area contributed by atoms with Crippen molar-refractivity contribution in [1.29, 1.82) is 0 Å². The highest BCUT2D eigenvalue weighted by Gasteiger charge is 2.50. The summed E-state index contributed by atoms with van der Waals surface area (Å²) in [5.41, 5.74) is 0. The molecule has 6 atom stereocenters. The molecule has 96 valence electrons. The summed E-state index contributed by atoms with van der Waals surface area (Å²) < 4.78 is 14.5. The average molecular weight is 260 g/mol. The van der Waals surface area contributed by atoms with Gasteiger partial charge in [0.05, 0.1) is 0 Å². The molecule has 0 aromatic carbocycles. The van der Waals surface area contributed by atoms with Crippen LogP contribution in [0.5, 0.6) is 0 Å². The Hall–Kier alpha value is -0.0900. The summed E-state index contributed by atoms with van der Waals surface area (Å²) in [6.07, 6.45) is -11.3. The molecule has 0 aromatic rings. The van der Waals surface area contributed by atoms with E-state index in [0.717, 1.165) is 0 Å². The third kappa shape index (κ3) is 2.77. The molecule has 0 amide bonds. The maximum absolute atomic E-state index is 10.5. The minimum absolute atomic E-state index is 1.83. The molecular formula is C6H13O9P. The molecule has 10 heteroatoms. The molecule has 16 heavy (non-hydrogen) atoms. The van der Waals surface area contributed by atoms with Gasteiger partial charge in [-0.3, -0.25) is 4.52 Å². The second-order valence-electron chi connectivity index (χ2n) is 3.51. The van der Waals surface area contributed by atoms with Gasteiger partial charge in [0, 0.05) is 0 Å². The van der Waals surface area contributed by atoms with Crippen molar-refractivity contribution in [2.75, 3.05) is 0 Å². The van der Waals surface area contributed by atoms with Crippen LogP contribution in [0.1, 0.15) is 0 Å². The number of phosphoric acid groups is 1. The molecule has 7 N–H and O–H groups in total. The molecule has 1 aliphatic rings. The molecule has 0 heterocycles. The Kier molecular flexibility index (Phi) is 4.06. The number of aliphatic hydroxyl groups excluding tert-OH is 5. The molecule has 1 fully saturated rings. The molecule has 1 aliphatic carbocycles. The first-order valence-electron chi connectivity index (χ1n) is 4.29. The normalized spacial score (nSPS) is 45.7. The van der Waals surface area contributed by atoms with Crippen molar-refractivity contribution in [3.8, 4) is 0 Å². The molecule has 1 rings (SSSR count). The smallest absolute Gasteiger partial charge is 0.387 e. The summed E-state index contributed by atoms with van der Waals surface area (Å²) in [5, 5.41) is 46.1. The Labute approximate surface area is 89.8 Å². The van der Waals surface area contributed by atoms with E-state index in [1.807, 2.05) is 0 Å². The van der Waals surface area contributed by atoms with Crippen LogP contribution in [0, 0.1) is 0 Å². The summed E-state index contributed by atoms with van der Waals surface area (Å²) in [6.45, 7) is 0. The van der Waals surface area contributed by atoms with Crippen molar-refractivity contribution in [2.45, 2.75) is 36.6 Å². The van der Waals surface area contributed by atoms with E-state index < -0.39 is 44.4 Å². The summed E-state index contributed by atoms with van der Waals surface area (Å²) in [4.78, 5) is 17.0. The average Bonchev–Trinajstić information content (AvgIpc) is 2.17. The van der Waals surface area contributed by atoms with Crippen LogP contribution in [0.25, 0.3) is 0 Å². The van der Waals surface area contributed by atoms with E-state index in [4.69, 9.17) is 14.9 Å². The maximum atomic E-state index is 10.5. The first-order chi connectivity index (χ1) is 7.15. The highest BCUT2D eigenvalue weighted by atomic mass is 31.2. The van der Waals surface area contributed by atoms with Crippen LogP contribution in [0.15, 0.2) is 0 Å². The third-order valence-electron chi connectivity index (χ3n) is 2.33. The lowest BCUT2D eigenvalue weighted by atomic mass is 9.85. The standard InChI is InChI=1S/C6H13O9P/c7-1-2(8)4(10)6(5(11)3(1)9)15-16(12,13)14/h1-11H,(H2,12,13,14)/t1-,2-,3+,4-,5-,6+/m0/s1. The van der Waals surface area contributed by atoms with Crippen molar-refractivity contribution >= 4 is 7.82 Å². The molecule has 0 spiro atoms. The largest absolute Gasteiger partial charge is 0.470 e. The summed E-state index contributed by atoms with van der Waals surface area (Å²) in [6, 6.07) is 0. The molecule has 0 radical (unpaired) electrons. The fourth-order valence-corrected chi connectivity index (χ4v) is 2.05. The van der Waals surface area contributed by atoms with Gasteiger partial charge in [-0.15, -0.1) is 0 Å². The third-order valence-corrected chi connectivity index (χ3v) is 2.85. The predicted molar refractivity (Wildman–Crippen MR) is 47.0 cm³/mol. The van der Waals surface area contributed by atoms with Crippen molar-refractivity contribution in [2.24, 2.45) is 0 Å². The summed E-state index contributed by atoms with van der Waals surface area (Å²) in [7, 11) is -5.01. The van der Waals surface area contributed by atoms with Gasteiger partial charge in [0.15, 0.2) is 0 Å². The van der Waals surface area contributed by atoms with E-state index >= 15 is 0 Å². The Balaban J connectivity index is 2.87. The zero-order chi connectivity index (χ0) is 12.7. The highest BCUT2D eigenvalue weighted by molar-refractivity contribution is 7.46. The van der Waals surface area contributed by atoms with Gasteiger partial charge in [0.2, 0.25) is 0 Å². The quantitative estimate of drug-likeness (QED) is 0.247. The van der Waals surface area contributed by atoms with E-state index in [1.165, 1.54) is 0 Å². The van der Waals surface area contributed by atoms with Gasteiger partial charge in [0.1, 0.15) is 36.6 Å². The fraction of sp³-hybridized carbons (Fsp3) is 1.00. The molecule has 0 aromatic heterocycles. The number of rotatable bonds is 2. The first kappa shape index (κ1) is 14.0. The molecule has 0 aliphatic heterocycles. The van der Waals surface area contributed by atoms with Crippen LogP contribution in [-0.4, -0.2) is 71.9 Å². The minimum Gasteiger partial charge on any atom is -0.387 e. The van der Waals surface area contributed by atoms with E-state index in [-0.39, 0.29) is 0 Å². The van der Waals surface area contributed by atoms with Crippen molar-refractivity contribution in [3.05, 3.63) is 0 Å². The van der Waals surface area contributed by atoms with Crippen LogP contribution in [0.2, 0.25) is 0 Å². The Morgan fingerprint density at radius 2 is 1.06 bits per heavy atom. The molecule has 0 unspecified atom stereocenters. The molecule has 1 saturated carbocycles. The number of phosphoric ester groups is 1. The highest BCUT2D eigenvalue weighted by Crippen LogP contribution is 2.41. The summed E-state index contributed by atoms with van der Waals surface area (Å²) >= 11 is 0. The van der Waals surface area contributed by atoms with Crippen LogP contribution < -0.4 is 0 Å². The zero-order valence-electron chi connectivity index (χ0n) is 7.86. The summed E-state index contributed by atoms with van der Waals surface area (Å²) in [5.74, 6) is 0. The van der Waals surface area contributed by atoms with Crippen molar-refractivity contribution < 1.29 is 44.4 Å². The van der Waals surface area contributed by atoms with Crippen LogP contribution >= 0.6 is 7.82 Å². The van der Waals surface area contributed by atoms with Crippen molar-refractivity contribution in [1.82, 2.24) is 0 Å². The number of hydrogen-bond acceptors (Lipinski definition) is 7. The van der Waals surface area contributed by atoms with E-state index in [1.54, 1.807) is 0 Å². The van der Waals surface area contributed by atoms with Gasteiger partial charge < -0.3 is 35.3 Å². The van der Waals surface area contributed by atoms with Crippen LogP contribution in [0.3, 0.4) is 0 Å². The number of aliphatic hydroxyl groups is 5. The predicted octanol–water partition coefficient (Wildman–Crippen LogP) is -3.72. The van der Waals surface area contributed by atoms with Gasteiger partial charge in [-0.05, 0) is 0 Å².